The standard InChI is InChI=1S/C13H9ClFN3O2S/c14-10-6-8(4-5-12(10)17)18-21(19,20)13-3-1-2-11(15)9(13)7-16/h1-6,18H,17H2. The Bertz CT molecular complexity index is 847. The van der Waals surface area contributed by atoms with E-state index in [1.165, 1.54) is 30.3 Å². The molecule has 3 N–H and O–H groups in total. The van der Waals surface area contributed by atoms with E-state index in [0.29, 0.717) is 5.69 Å². The molecular weight excluding hydrogens is 317 g/mol. The minimum atomic E-state index is -4.12. The third kappa shape index (κ3) is 3.07. The summed E-state index contributed by atoms with van der Waals surface area (Å²) in [6.07, 6.45) is 0. The van der Waals surface area contributed by atoms with Crippen molar-refractivity contribution in [1.29, 1.82) is 5.26 Å². The molecule has 108 valence electrons. The van der Waals surface area contributed by atoms with E-state index in [1.807, 2.05) is 0 Å². The second kappa shape index (κ2) is 5.60. The van der Waals surface area contributed by atoms with Crippen molar-refractivity contribution in [3.8, 4) is 6.07 Å². The highest BCUT2D eigenvalue weighted by Gasteiger charge is 2.21. The number of rotatable bonds is 3. The number of hydrogen-bond donors (Lipinski definition) is 2. The van der Waals surface area contributed by atoms with E-state index in [4.69, 9.17) is 22.6 Å². The Balaban J connectivity index is 2.46. The van der Waals surface area contributed by atoms with Crippen molar-refractivity contribution in [3.05, 3.63) is 52.8 Å². The number of nitriles is 1. The summed E-state index contributed by atoms with van der Waals surface area (Å²) in [7, 11) is -4.12. The van der Waals surface area contributed by atoms with Gasteiger partial charge in [-0.2, -0.15) is 5.26 Å². The van der Waals surface area contributed by atoms with Crippen LogP contribution in [0.1, 0.15) is 5.56 Å². The van der Waals surface area contributed by atoms with E-state index in [9.17, 15) is 12.8 Å². The van der Waals surface area contributed by atoms with Gasteiger partial charge in [0, 0.05) is 0 Å². The molecule has 21 heavy (non-hydrogen) atoms. The lowest BCUT2D eigenvalue weighted by atomic mass is 10.2. The van der Waals surface area contributed by atoms with Crippen molar-refractivity contribution in [3.63, 3.8) is 0 Å². The summed E-state index contributed by atoms with van der Waals surface area (Å²) < 4.78 is 40.2. The maximum Gasteiger partial charge on any atom is 0.263 e. The van der Waals surface area contributed by atoms with Crippen molar-refractivity contribution in [2.45, 2.75) is 4.90 Å². The molecule has 0 aliphatic rings. The van der Waals surface area contributed by atoms with Crippen LogP contribution in [0.3, 0.4) is 0 Å². The van der Waals surface area contributed by atoms with Gasteiger partial charge < -0.3 is 5.73 Å². The summed E-state index contributed by atoms with van der Waals surface area (Å²) in [6, 6.07) is 9.05. The smallest absolute Gasteiger partial charge is 0.263 e. The summed E-state index contributed by atoms with van der Waals surface area (Å²) in [5.41, 5.74) is 5.43. The molecule has 8 heteroatoms. The molecule has 2 aromatic carbocycles. The second-order valence-corrected chi connectivity index (χ2v) is 6.12. The van der Waals surface area contributed by atoms with E-state index in [1.54, 1.807) is 0 Å². The highest BCUT2D eigenvalue weighted by molar-refractivity contribution is 7.92. The van der Waals surface area contributed by atoms with Gasteiger partial charge in [-0.05, 0) is 30.3 Å². The van der Waals surface area contributed by atoms with Crippen molar-refractivity contribution in [1.82, 2.24) is 0 Å². The van der Waals surface area contributed by atoms with Gasteiger partial charge in [0.1, 0.15) is 22.3 Å². The molecule has 2 aromatic rings. The Morgan fingerprint density at radius 3 is 2.62 bits per heavy atom. The van der Waals surface area contributed by atoms with Crippen molar-refractivity contribution < 1.29 is 12.8 Å². The SMILES string of the molecule is N#Cc1c(F)cccc1S(=O)(=O)Nc1ccc(N)c(Cl)c1. The Morgan fingerprint density at radius 2 is 2.00 bits per heavy atom. The van der Waals surface area contributed by atoms with Crippen LogP contribution in [0.25, 0.3) is 0 Å². The molecule has 0 saturated carbocycles. The quantitative estimate of drug-likeness (QED) is 0.848. The Kier molecular flexibility index (Phi) is 4.02. The number of nitrogens with one attached hydrogen (secondary N) is 1. The van der Waals surface area contributed by atoms with Gasteiger partial charge in [0.2, 0.25) is 0 Å². The largest absolute Gasteiger partial charge is 0.398 e. The molecule has 0 saturated heterocycles. The summed E-state index contributed by atoms with van der Waals surface area (Å²) in [5.74, 6) is -0.907. The zero-order chi connectivity index (χ0) is 15.6. The lowest BCUT2D eigenvalue weighted by Crippen LogP contribution is -2.15. The molecule has 0 spiro atoms. The molecule has 0 aliphatic carbocycles. The molecule has 5 nitrogen and oxygen atoms in total. The number of hydrogen-bond acceptors (Lipinski definition) is 4. The van der Waals surface area contributed by atoms with Gasteiger partial charge >= 0.3 is 0 Å². The van der Waals surface area contributed by atoms with Crippen LogP contribution in [0.2, 0.25) is 5.02 Å². The van der Waals surface area contributed by atoms with E-state index >= 15 is 0 Å². The van der Waals surface area contributed by atoms with E-state index in [0.717, 1.165) is 12.1 Å². The molecular formula is C13H9ClFN3O2S. The third-order valence-electron chi connectivity index (χ3n) is 2.63. The third-order valence-corrected chi connectivity index (χ3v) is 4.38. The average molecular weight is 326 g/mol. The summed E-state index contributed by atoms with van der Waals surface area (Å²) in [6.45, 7) is 0. The summed E-state index contributed by atoms with van der Waals surface area (Å²) in [5, 5.41) is 9.07. The highest BCUT2D eigenvalue weighted by atomic mass is 35.5. The van der Waals surface area contributed by atoms with Gasteiger partial charge in [0.15, 0.2) is 0 Å². The van der Waals surface area contributed by atoms with Crippen LogP contribution in [0.4, 0.5) is 15.8 Å². The van der Waals surface area contributed by atoms with Crippen molar-refractivity contribution >= 4 is 33.0 Å². The maximum atomic E-state index is 13.5. The zero-order valence-electron chi connectivity index (χ0n) is 10.5. The predicted molar refractivity (Wildman–Crippen MR) is 77.8 cm³/mol. The summed E-state index contributed by atoms with van der Waals surface area (Å²) in [4.78, 5) is -0.446. The fourth-order valence-corrected chi connectivity index (χ4v) is 3.03. The molecule has 0 aromatic heterocycles. The van der Waals surface area contributed by atoms with Gasteiger partial charge in [0.25, 0.3) is 10.0 Å². The molecule has 0 aliphatic heterocycles. The van der Waals surface area contributed by atoms with Gasteiger partial charge in [0.05, 0.1) is 16.4 Å². The van der Waals surface area contributed by atoms with Crippen LogP contribution in [0, 0.1) is 17.1 Å². The molecule has 0 radical (unpaired) electrons. The van der Waals surface area contributed by atoms with Crippen molar-refractivity contribution in [2.24, 2.45) is 0 Å². The van der Waals surface area contributed by atoms with Crippen LogP contribution in [0.5, 0.6) is 0 Å². The first-order valence-electron chi connectivity index (χ1n) is 5.61. The fourth-order valence-electron chi connectivity index (χ4n) is 1.64. The summed E-state index contributed by atoms with van der Waals surface area (Å²) >= 11 is 5.80. The van der Waals surface area contributed by atoms with Crippen LogP contribution in [-0.4, -0.2) is 8.42 Å². The fraction of sp³-hybridized carbons (Fsp3) is 0. The number of anilines is 2. The Labute approximate surface area is 125 Å². The predicted octanol–water partition coefficient (Wildman–Crippen LogP) is 2.73. The number of nitrogen functional groups attached to an aromatic ring is 1. The minimum Gasteiger partial charge on any atom is -0.398 e. The first kappa shape index (κ1) is 15.1. The Morgan fingerprint density at radius 1 is 1.29 bits per heavy atom. The van der Waals surface area contributed by atoms with Gasteiger partial charge in [-0.1, -0.05) is 17.7 Å². The van der Waals surface area contributed by atoms with E-state index in [-0.39, 0.29) is 10.7 Å². The Hall–Kier alpha value is -2.30. The van der Waals surface area contributed by atoms with E-state index < -0.39 is 26.3 Å². The first-order chi connectivity index (χ1) is 9.85. The van der Waals surface area contributed by atoms with Gasteiger partial charge in [-0.15, -0.1) is 0 Å². The number of benzene rings is 2. The van der Waals surface area contributed by atoms with Gasteiger partial charge in [-0.3, -0.25) is 4.72 Å². The van der Waals surface area contributed by atoms with Crippen LogP contribution in [-0.2, 0) is 10.0 Å². The van der Waals surface area contributed by atoms with Gasteiger partial charge in [-0.25, -0.2) is 12.8 Å². The molecule has 0 fully saturated rings. The molecule has 0 heterocycles. The topological polar surface area (TPSA) is 96.0 Å². The molecule has 0 unspecified atom stereocenters. The highest BCUT2D eigenvalue weighted by Crippen LogP contribution is 2.26. The molecule has 0 amide bonds. The normalized spacial score (nSPS) is 10.9. The number of sulfonamides is 1. The first-order valence-corrected chi connectivity index (χ1v) is 7.48. The number of nitrogens with two attached hydrogens (primary N) is 1. The van der Waals surface area contributed by atoms with Crippen LogP contribution >= 0.6 is 11.6 Å². The average Bonchev–Trinajstić information content (AvgIpc) is 2.42. The lowest BCUT2D eigenvalue weighted by Gasteiger charge is -2.10. The van der Waals surface area contributed by atoms with Crippen LogP contribution in [0.15, 0.2) is 41.3 Å². The van der Waals surface area contributed by atoms with Crippen molar-refractivity contribution in [2.75, 3.05) is 10.5 Å². The maximum absolute atomic E-state index is 13.5. The van der Waals surface area contributed by atoms with Crippen LogP contribution < -0.4 is 10.5 Å². The minimum absolute atomic E-state index is 0.155. The number of halogens is 2. The zero-order valence-corrected chi connectivity index (χ0v) is 12.0. The van der Waals surface area contributed by atoms with E-state index in [2.05, 4.69) is 4.72 Å². The monoisotopic (exact) mass is 325 g/mol. The lowest BCUT2D eigenvalue weighted by molar-refractivity contribution is 0.593. The number of nitrogens with zero attached hydrogens (tertiary/aromatic N) is 1. The molecule has 2 rings (SSSR count). The molecule has 0 atom stereocenters. The molecule has 0 bridgehead atoms. The second-order valence-electron chi connectivity index (χ2n) is 4.07.